The van der Waals surface area contributed by atoms with Gasteiger partial charge in [0.1, 0.15) is 18.1 Å². The fraction of sp³-hybridized carbons (Fsp3) is 0.381. The zero-order valence-electron chi connectivity index (χ0n) is 15.0. The molecular formula is C21H25NO3. The van der Waals surface area contributed by atoms with Crippen LogP contribution >= 0.6 is 0 Å². The fourth-order valence-corrected chi connectivity index (χ4v) is 3.18. The Morgan fingerprint density at radius 3 is 2.52 bits per heavy atom. The van der Waals surface area contributed by atoms with E-state index in [0.29, 0.717) is 12.2 Å². The number of benzene rings is 2. The molecular weight excluding hydrogens is 314 g/mol. The maximum Gasteiger partial charge on any atom is 0.253 e. The molecule has 0 unspecified atom stereocenters. The number of methoxy groups -OCH3 is 1. The van der Waals surface area contributed by atoms with Crippen LogP contribution in [0, 0.1) is 6.92 Å². The van der Waals surface area contributed by atoms with Crippen LogP contribution in [-0.4, -0.2) is 31.0 Å². The average Bonchev–Trinajstić information content (AvgIpc) is 2.67. The highest BCUT2D eigenvalue weighted by atomic mass is 16.5. The van der Waals surface area contributed by atoms with Gasteiger partial charge in [0, 0.05) is 24.2 Å². The normalized spacial score (nSPS) is 14.2. The van der Waals surface area contributed by atoms with Crippen molar-refractivity contribution < 1.29 is 14.3 Å². The second-order valence-corrected chi connectivity index (χ2v) is 6.43. The summed E-state index contributed by atoms with van der Waals surface area (Å²) < 4.78 is 11.4. The van der Waals surface area contributed by atoms with Gasteiger partial charge in [-0.1, -0.05) is 18.2 Å². The third-order valence-electron chi connectivity index (χ3n) is 4.65. The summed E-state index contributed by atoms with van der Waals surface area (Å²) in [5, 5.41) is 0. The molecule has 4 nitrogen and oxygen atoms in total. The monoisotopic (exact) mass is 339 g/mol. The topological polar surface area (TPSA) is 38.8 Å². The summed E-state index contributed by atoms with van der Waals surface area (Å²) in [4.78, 5) is 14.7. The number of rotatable bonds is 5. The zero-order valence-corrected chi connectivity index (χ0v) is 15.0. The summed E-state index contributed by atoms with van der Waals surface area (Å²) in [6, 6.07) is 13.5. The van der Waals surface area contributed by atoms with Gasteiger partial charge in [0.2, 0.25) is 0 Å². The van der Waals surface area contributed by atoms with Crippen molar-refractivity contribution in [3.8, 4) is 11.5 Å². The number of nitrogens with zero attached hydrogens (tertiary/aromatic N) is 1. The number of carbonyl (C=O) groups is 1. The first-order valence-corrected chi connectivity index (χ1v) is 8.83. The number of hydrogen-bond donors (Lipinski definition) is 0. The van der Waals surface area contributed by atoms with Gasteiger partial charge in [-0.25, -0.2) is 0 Å². The molecule has 0 N–H and O–H groups in total. The zero-order chi connectivity index (χ0) is 17.6. The number of likely N-dealkylation sites (tertiary alicyclic amines) is 1. The van der Waals surface area contributed by atoms with Crippen LogP contribution in [-0.2, 0) is 6.61 Å². The van der Waals surface area contributed by atoms with E-state index in [0.717, 1.165) is 48.6 Å². The summed E-state index contributed by atoms with van der Waals surface area (Å²) in [6.45, 7) is 4.08. The third kappa shape index (κ3) is 4.13. The minimum atomic E-state index is 0.0968. The highest BCUT2D eigenvalue weighted by Gasteiger charge is 2.19. The lowest BCUT2D eigenvalue weighted by molar-refractivity contribution is 0.0724. The second kappa shape index (κ2) is 8.06. The predicted octanol–water partition coefficient (Wildman–Crippen LogP) is 4.21. The van der Waals surface area contributed by atoms with Crippen molar-refractivity contribution in [2.24, 2.45) is 0 Å². The van der Waals surface area contributed by atoms with Gasteiger partial charge in [-0.2, -0.15) is 0 Å². The van der Waals surface area contributed by atoms with E-state index in [1.807, 2.05) is 54.3 Å². The largest absolute Gasteiger partial charge is 0.496 e. The molecule has 0 bridgehead atoms. The molecule has 1 aliphatic heterocycles. The minimum absolute atomic E-state index is 0.0968. The van der Waals surface area contributed by atoms with E-state index in [-0.39, 0.29) is 5.91 Å². The van der Waals surface area contributed by atoms with E-state index in [4.69, 9.17) is 9.47 Å². The Balaban J connectivity index is 1.77. The number of para-hydroxylation sites is 1. The molecule has 0 aromatic heterocycles. The Hall–Kier alpha value is -2.49. The minimum Gasteiger partial charge on any atom is -0.496 e. The fourth-order valence-electron chi connectivity index (χ4n) is 3.18. The van der Waals surface area contributed by atoms with E-state index in [1.54, 1.807) is 7.11 Å². The van der Waals surface area contributed by atoms with Crippen molar-refractivity contribution in [2.45, 2.75) is 32.8 Å². The Bertz CT molecular complexity index is 736. The smallest absolute Gasteiger partial charge is 0.253 e. The van der Waals surface area contributed by atoms with E-state index < -0.39 is 0 Å². The third-order valence-corrected chi connectivity index (χ3v) is 4.65. The highest BCUT2D eigenvalue weighted by Crippen LogP contribution is 2.25. The number of hydrogen-bond acceptors (Lipinski definition) is 3. The molecule has 4 heteroatoms. The lowest BCUT2D eigenvalue weighted by Crippen LogP contribution is -2.35. The lowest BCUT2D eigenvalue weighted by atomic mass is 10.1. The highest BCUT2D eigenvalue weighted by molar-refractivity contribution is 5.94. The van der Waals surface area contributed by atoms with Crippen LogP contribution in [0.1, 0.15) is 40.7 Å². The Kier molecular flexibility index (Phi) is 5.59. The van der Waals surface area contributed by atoms with Gasteiger partial charge in [0.15, 0.2) is 0 Å². The molecule has 132 valence electrons. The molecule has 2 aromatic rings. The Labute approximate surface area is 149 Å². The lowest BCUT2D eigenvalue weighted by Gasteiger charge is -2.27. The van der Waals surface area contributed by atoms with Crippen LogP contribution in [0.3, 0.4) is 0 Å². The van der Waals surface area contributed by atoms with Gasteiger partial charge in [-0.05, 0) is 56.0 Å². The Morgan fingerprint density at radius 2 is 1.80 bits per heavy atom. The molecule has 0 atom stereocenters. The first-order valence-electron chi connectivity index (χ1n) is 8.83. The Morgan fingerprint density at radius 1 is 1.04 bits per heavy atom. The molecule has 1 saturated heterocycles. The number of ether oxygens (including phenoxy) is 2. The number of amides is 1. The van der Waals surface area contributed by atoms with Crippen LogP contribution in [0.5, 0.6) is 11.5 Å². The maximum atomic E-state index is 12.7. The van der Waals surface area contributed by atoms with Crippen LogP contribution in [0.2, 0.25) is 0 Å². The summed E-state index contributed by atoms with van der Waals surface area (Å²) in [6.07, 6.45) is 3.39. The predicted molar refractivity (Wildman–Crippen MR) is 98.3 cm³/mol. The molecule has 0 aliphatic carbocycles. The van der Waals surface area contributed by atoms with Crippen LogP contribution in [0.25, 0.3) is 0 Å². The molecule has 2 aromatic carbocycles. The molecule has 0 saturated carbocycles. The van der Waals surface area contributed by atoms with Gasteiger partial charge >= 0.3 is 0 Å². The molecule has 0 spiro atoms. The van der Waals surface area contributed by atoms with Crippen molar-refractivity contribution in [1.82, 2.24) is 4.90 Å². The van der Waals surface area contributed by atoms with Crippen LogP contribution < -0.4 is 9.47 Å². The second-order valence-electron chi connectivity index (χ2n) is 6.43. The van der Waals surface area contributed by atoms with Crippen molar-refractivity contribution in [1.29, 1.82) is 0 Å². The summed E-state index contributed by atoms with van der Waals surface area (Å²) in [5.41, 5.74) is 2.67. The molecule has 1 heterocycles. The van der Waals surface area contributed by atoms with Gasteiger partial charge in [0.25, 0.3) is 5.91 Å². The molecule has 1 fully saturated rings. The number of aryl methyl sites for hydroxylation is 1. The number of carbonyl (C=O) groups excluding carboxylic acids is 1. The molecule has 25 heavy (non-hydrogen) atoms. The van der Waals surface area contributed by atoms with Gasteiger partial charge in [-0.3, -0.25) is 4.79 Å². The summed E-state index contributed by atoms with van der Waals surface area (Å²) in [7, 11) is 1.64. The SMILES string of the molecule is COc1ccc(C(=O)N2CCCCC2)cc1COc1ccccc1C. The standard InChI is InChI=1S/C21H25NO3/c1-16-8-4-5-9-19(16)25-15-18-14-17(10-11-20(18)24-2)21(23)22-12-6-3-7-13-22/h4-5,8-11,14H,3,6-7,12-13,15H2,1-2H3. The van der Waals surface area contributed by atoms with Crippen LogP contribution in [0.4, 0.5) is 0 Å². The van der Waals surface area contributed by atoms with Gasteiger partial charge < -0.3 is 14.4 Å². The van der Waals surface area contributed by atoms with Crippen molar-refractivity contribution in [2.75, 3.05) is 20.2 Å². The molecule has 3 rings (SSSR count). The quantitative estimate of drug-likeness (QED) is 0.819. The van der Waals surface area contributed by atoms with E-state index in [1.165, 1.54) is 6.42 Å². The van der Waals surface area contributed by atoms with Crippen molar-refractivity contribution in [3.63, 3.8) is 0 Å². The van der Waals surface area contributed by atoms with E-state index in [9.17, 15) is 4.79 Å². The van der Waals surface area contributed by atoms with Gasteiger partial charge in [-0.15, -0.1) is 0 Å². The summed E-state index contributed by atoms with van der Waals surface area (Å²) >= 11 is 0. The first-order chi connectivity index (χ1) is 12.2. The molecule has 0 radical (unpaired) electrons. The summed E-state index contributed by atoms with van der Waals surface area (Å²) in [5.74, 6) is 1.68. The number of piperidine rings is 1. The first kappa shape index (κ1) is 17.3. The van der Waals surface area contributed by atoms with Crippen molar-refractivity contribution >= 4 is 5.91 Å². The van der Waals surface area contributed by atoms with Crippen molar-refractivity contribution in [3.05, 3.63) is 59.2 Å². The van der Waals surface area contributed by atoms with E-state index >= 15 is 0 Å². The molecule has 1 amide bonds. The maximum absolute atomic E-state index is 12.7. The van der Waals surface area contributed by atoms with Gasteiger partial charge in [0.05, 0.1) is 7.11 Å². The van der Waals surface area contributed by atoms with E-state index in [2.05, 4.69) is 0 Å². The average molecular weight is 339 g/mol. The molecule has 1 aliphatic rings. The van der Waals surface area contributed by atoms with Crippen LogP contribution in [0.15, 0.2) is 42.5 Å².